The second kappa shape index (κ2) is 4.91. The predicted octanol–water partition coefficient (Wildman–Crippen LogP) is 1.16. The van der Waals surface area contributed by atoms with Crippen molar-refractivity contribution >= 4 is 10.0 Å². The fourth-order valence-corrected chi connectivity index (χ4v) is 3.06. The zero-order valence-corrected chi connectivity index (χ0v) is 8.52. The van der Waals surface area contributed by atoms with E-state index in [1.54, 1.807) is 0 Å². The van der Waals surface area contributed by atoms with Gasteiger partial charge in [0.1, 0.15) is 0 Å². The normalized spacial score (nSPS) is 20.4. The number of halogens is 1. The molecule has 0 aromatic rings. The van der Waals surface area contributed by atoms with Gasteiger partial charge in [0.15, 0.2) is 0 Å². The van der Waals surface area contributed by atoms with Crippen molar-refractivity contribution in [1.29, 1.82) is 0 Å². The summed E-state index contributed by atoms with van der Waals surface area (Å²) in [6, 6.07) is 0. The molecule has 0 bridgehead atoms. The van der Waals surface area contributed by atoms with Crippen LogP contribution in [0, 0.1) is 0 Å². The number of rotatable bonds is 4. The second-order valence-electron chi connectivity index (χ2n) is 3.32. The Kier molecular flexibility index (Phi) is 4.12. The first-order chi connectivity index (χ1) is 6.17. The van der Waals surface area contributed by atoms with Crippen molar-refractivity contribution in [2.75, 3.05) is 25.5 Å². The van der Waals surface area contributed by atoms with E-state index in [4.69, 9.17) is 0 Å². The van der Waals surface area contributed by atoms with Crippen LogP contribution in [0.1, 0.15) is 25.7 Å². The van der Waals surface area contributed by atoms with Gasteiger partial charge < -0.3 is 0 Å². The quantitative estimate of drug-likeness (QED) is 0.696. The summed E-state index contributed by atoms with van der Waals surface area (Å²) in [6.45, 7) is 0.691. The molecule has 3 nitrogen and oxygen atoms in total. The lowest BCUT2D eigenvalue weighted by atomic mass is 10.2. The van der Waals surface area contributed by atoms with Gasteiger partial charge in [-0.25, -0.2) is 12.7 Å². The topological polar surface area (TPSA) is 37.4 Å². The molecule has 0 amide bonds. The Labute approximate surface area is 79.0 Å². The van der Waals surface area contributed by atoms with Gasteiger partial charge >= 0.3 is 0 Å². The molecule has 0 aromatic carbocycles. The lowest BCUT2D eigenvalue weighted by Gasteiger charge is -2.25. The molecule has 1 saturated heterocycles. The summed E-state index contributed by atoms with van der Waals surface area (Å²) in [5.74, 6) is -0.0382. The third kappa shape index (κ3) is 3.23. The lowest BCUT2D eigenvalue weighted by Crippen LogP contribution is -2.37. The van der Waals surface area contributed by atoms with E-state index in [1.807, 2.05) is 0 Å². The van der Waals surface area contributed by atoms with Gasteiger partial charge in [0.05, 0.1) is 12.4 Å². The first-order valence-corrected chi connectivity index (χ1v) is 6.31. The molecule has 1 rings (SSSR count). The maximum atomic E-state index is 11.8. The molecule has 0 saturated carbocycles. The number of hydrogen-bond acceptors (Lipinski definition) is 2. The Bertz CT molecular complexity index is 235. The maximum Gasteiger partial charge on any atom is 0.214 e. The van der Waals surface area contributed by atoms with Crippen LogP contribution >= 0.6 is 0 Å². The van der Waals surface area contributed by atoms with Gasteiger partial charge in [-0.1, -0.05) is 6.42 Å². The highest BCUT2D eigenvalue weighted by Gasteiger charge is 2.22. The highest BCUT2D eigenvalue weighted by molar-refractivity contribution is 7.89. The van der Waals surface area contributed by atoms with Crippen molar-refractivity contribution in [2.24, 2.45) is 0 Å². The Balaban J connectivity index is 2.47. The summed E-state index contributed by atoms with van der Waals surface area (Å²) in [7, 11) is -3.15. The molecule has 1 heterocycles. The van der Waals surface area contributed by atoms with Gasteiger partial charge in [0.2, 0.25) is 10.0 Å². The summed E-state index contributed by atoms with van der Waals surface area (Å²) in [4.78, 5) is 0. The zero-order valence-electron chi connectivity index (χ0n) is 7.71. The number of piperidine rings is 1. The highest BCUT2D eigenvalue weighted by atomic mass is 32.2. The van der Waals surface area contributed by atoms with Crippen LogP contribution in [0.25, 0.3) is 0 Å². The fraction of sp³-hybridized carbons (Fsp3) is 1.00. The van der Waals surface area contributed by atoms with Gasteiger partial charge in [0, 0.05) is 13.1 Å². The number of nitrogens with zero attached hydrogens (tertiary/aromatic N) is 1. The zero-order chi connectivity index (χ0) is 9.73. The van der Waals surface area contributed by atoms with E-state index >= 15 is 0 Å². The van der Waals surface area contributed by atoms with Crippen LogP contribution in [-0.4, -0.2) is 38.2 Å². The van der Waals surface area contributed by atoms with Crippen LogP contribution in [0.4, 0.5) is 4.39 Å². The Hall–Kier alpha value is -0.160. The number of alkyl halides is 1. The number of sulfonamides is 1. The first kappa shape index (κ1) is 10.9. The molecule has 13 heavy (non-hydrogen) atoms. The molecule has 0 atom stereocenters. The van der Waals surface area contributed by atoms with Crippen LogP contribution in [0.3, 0.4) is 0 Å². The maximum absolute atomic E-state index is 11.8. The lowest BCUT2D eigenvalue weighted by molar-refractivity contribution is 0.345. The van der Waals surface area contributed by atoms with Gasteiger partial charge in [-0.3, -0.25) is 4.39 Å². The van der Waals surface area contributed by atoms with Gasteiger partial charge in [-0.15, -0.1) is 0 Å². The first-order valence-electron chi connectivity index (χ1n) is 4.70. The standard InChI is InChI=1S/C8H16FNO2S/c9-5-4-8-13(11,12)10-6-2-1-3-7-10/h1-8H2. The minimum atomic E-state index is -3.15. The fourth-order valence-electron chi connectivity index (χ4n) is 1.51. The third-order valence-corrected chi connectivity index (χ3v) is 4.20. The summed E-state index contributed by atoms with van der Waals surface area (Å²) < 4.78 is 36.3. The summed E-state index contributed by atoms with van der Waals surface area (Å²) >= 11 is 0. The van der Waals surface area contributed by atoms with Crippen molar-refractivity contribution in [3.05, 3.63) is 0 Å². The molecular formula is C8H16FNO2S. The molecule has 1 aliphatic heterocycles. The Morgan fingerprint density at radius 2 is 1.77 bits per heavy atom. The molecule has 1 fully saturated rings. The molecule has 1 aliphatic rings. The molecule has 0 unspecified atom stereocenters. The molecule has 0 N–H and O–H groups in total. The number of hydrogen-bond donors (Lipinski definition) is 0. The molecule has 0 aliphatic carbocycles. The smallest absolute Gasteiger partial charge is 0.214 e. The van der Waals surface area contributed by atoms with Crippen LogP contribution < -0.4 is 0 Å². The minimum Gasteiger partial charge on any atom is -0.251 e. The van der Waals surface area contributed by atoms with Gasteiger partial charge in [0.25, 0.3) is 0 Å². The summed E-state index contributed by atoms with van der Waals surface area (Å²) in [5.41, 5.74) is 0. The van der Waals surface area contributed by atoms with E-state index in [1.165, 1.54) is 4.31 Å². The van der Waals surface area contributed by atoms with Gasteiger partial charge in [-0.05, 0) is 19.3 Å². The monoisotopic (exact) mass is 209 g/mol. The molecule has 78 valence electrons. The van der Waals surface area contributed by atoms with Crippen LogP contribution in [-0.2, 0) is 10.0 Å². The van der Waals surface area contributed by atoms with Crippen molar-refractivity contribution in [2.45, 2.75) is 25.7 Å². The van der Waals surface area contributed by atoms with E-state index in [2.05, 4.69) is 0 Å². The van der Waals surface area contributed by atoms with Gasteiger partial charge in [-0.2, -0.15) is 0 Å². The summed E-state index contributed by atoms with van der Waals surface area (Å²) in [5, 5.41) is 0. The Morgan fingerprint density at radius 3 is 2.31 bits per heavy atom. The van der Waals surface area contributed by atoms with E-state index in [0.717, 1.165) is 19.3 Å². The molecular weight excluding hydrogens is 193 g/mol. The second-order valence-corrected chi connectivity index (χ2v) is 5.41. The molecule has 0 radical (unpaired) electrons. The minimum absolute atomic E-state index is 0.0382. The van der Waals surface area contributed by atoms with Crippen LogP contribution in [0.5, 0.6) is 0 Å². The van der Waals surface area contributed by atoms with E-state index in [0.29, 0.717) is 13.1 Å². The average molecular weight is 209 g/mol. The Morgan fingerprint density at radius 1 is 1.15 bits per heavy atom. The van der Waals surface area contributed by atoms with E-state index < -0.39 is 16.7 Å². The van der Waals surface area contributed by atoms with E-state index in [-0.39, 0.29) is 12.2 Å². The molecule has 5 heteroatoms. The molecule has 0 spiro atoms. The van der Waals surface area contributed by atoms with Crippen molar-refractivity contribution < 1.29 is 12.8 Å². The van der Waals surface area contributed by atoms with Crippen LogP contribution in [0.15, 0.2) is 0 Å². The molecule has 0 aromatic heterocycles. The van der Waals surface area contributed by atoms with E-state index in [9.17, 15) is 12.8 Å². The predicted molar refractivity (Wildman–Crippen MR) is 49.8 cm³/mol. The third-order valence-electron chi connectivity index (χ3n) is 2.24. The summed E-state index contributed by atoms with van der Waals surface area (Å²) in [6.07, 6.45) is 3.11. The SMILES string of the molecule is O=S(=O)(CCCF)N1CCCCC1. The largest absolute Gasteiger partial charge is 0.251 e. The average Bonchev–Trinajstić information content (AvgIpc) is 2.16. The van der Waals surface area contributed by atoms with Crippen molar-refractivity contribution in [3.8, 4) is 0 Å². The van der Waals surface area contributed by atoms with Crippen molar-refractivity contribution in [1.82, 2.24) is 4.31 Å². The van der Waals surface area contributed by atoms with Crippen molar-refractivity contribution in [3.63, 3.8) is 0 Å². The van der Waals surface area contributed by atoms with Crippen LogP contribution in [0.2, 0.25) is 0 Å². The highest BCUT2D eigenvalue weighted by Crippen LogP contribution is 2.13.